The lowest BCUT2D eigenvalue weighted by molar-refractivity contribution is -0.113. The topological polar surface area (TPSA) is 81.3 Å². The normalized spacial score (nSPS) is 11.5. The molecule has 1 N–H and O–H groups in total. The highest BCUT2D eigenvalue weighted by Crippen LogP contribution is 2.23. The first-order chi connectivity index (χ1) is 15.3. The molecular formula is C24H27N5O2S. The molecule has 4 aromatic rings. The molecule has 0 aliphatic rings. The van der Waals surface area contributed by atoms with E-state index >= 15 is 0 Å². The van der Waals surface area contributed by atoms with Gasteiger partial charge in [-0.25, -0.2) is 0 Å². The molecule has 1 amide bonds. The molecule has 0 bridgehead atoms. The van der Waals surface area contributed by atoms with E-state index in [9.17, 15) is 9.59 Å². The van der Waals surface area contributed by atoms with Crippen LogP contribution in [-0.4, -0.2) is 30.8 Å². The van der Waals surface area contributed by atoms with Crippen LogP contribution in [-0.2, 0) is 11.3 Å². The van der Waals surface area contributed by atoms with E-state index in [0.717, 1.165) is 28.8 Å². The molecule has 2 aromatic carbocycles. The van der Waals surface area contributed by atoms with Crippen molar-refractivity contribution in [3.05, 3.63) is 63.9 Å². The van der Waals surface area contributed by atoms with Crippen LogP contribution in [0.2, 0.25) is 0 Å². The van der Waals surface area contributed by atoms with Crippen molar-refractivity contribution in [1.29, 1.82) is 0 Å². The average molecular weight is 450 g/mol. The van der Waals surface area contributed by atoms with Gasteiger partial charge in [-0.15, -0.1) is 10.2 Å². The first kappa shape index (κ1) is 22.1. The summed E-state index contributed by atoms with van der Waals surface area (Å²) >= 11 is 1.31. The first-order valence-electron chi connectivity index (χ1n) is 10.7. The number of anilines is 1. The van der Waals surface area contributed by atoms with Gasteiger partial charge in [0.15, 0.2) is 5.16 Å². The van der Waals surface area contributed by atoms with Gasteiger partial charge in [-0.2, -0.15) is 0 Å². The SMILES string of the molecule is Cc1ccc(NC(=O)CSc2nnc3n(CCC(C)C)c(=O)c4ccccc4n23)c(C)c1. The number of aryl methyl sites for hydroxylation is 3. The van der Waals surface area contributed by atoms with Crippen molar-refractivity contribution >= 4 is 40.0 Å². The van der Waals surface area contributed by atoms with E-state index in [1.807, 2.05) is 60.7 Å². The lowest BCUT2D eigenvalue weighted by Gasteiger charge is -2.12. The molecule has 0 aliphatic heterocycles. The minimum atomic E-state index is -0.115. The van der Waals surface area contributed by atoms with Crippen LogP contribution in [0.4, 0.5) is 5.69 Å². The zero-order chi connectivity index (χ0) is 22.8. The Morgan fingerprint density at radius 1 is 1.12 bits per heavy atom. The summed E-state index contributed by atoms with van der Waals surface area (Å²) < 4.78 is 3.57. The van der Waals surface area contributed by atoms with Crippen LogP contribution in [0.25, 0.3) is 16.7 Å². The van der Waals surface area contributed by atoms with Crippen LogP contribution in [0.5, 0.6) is 0 Å². The number of fused-ring (bicyclic) bond motifs is 3. The maximum absolute atomic E-state index is 13.1. The number of aromatic nitrogens is 4. The molecule has 166 valence electrons. The van der Waals surface area contributed by atoms with Crippen LogP contribution in [0.15, 0.2) is 52.4 Å². The van der Waals surface area contributed by atoms with E-state index in [1.165, 1.54) is 11.8 Å². The lowest BCUT2D eigenvalue weighted by atomic mass is 10.1. The fraction of sp³-hybridized carbons (Fsp3) is 0.333. The van der Waals surface area contributed by atoms with Crippen molar-refractivity contribution in [3.63, 3.8) is 0 Å². The molecule has 0 spiro atoms. The zero-order valence-electron chi connectivity index (χ0n) is 18.8. The number of amides is 1. The quantitative estimate of drug-likeness (QED) is 0.422. The third kappa shape index (κ3) is 4.41. The van der Waals surface area contributed by atoms with Crippen LogP contribution >= 0.6 is 11.8 Å². The number of para-hydroxylation sites is 1. The monoisotopic (exact) mass is 449 g/mol. The maximum Gasteiger partial charge on any atom is 0.262 e. The number of carbonyl (C=O) groups excluding carboxylic acids is 1. The van der Waals surface area contributed by atoms with Crippen molar-refractivity contribution < 1.29 is 4.79 Å². The second-order valence-electron chi connectivity index (χ2n) is 8.43. The van der Waals surface area contributed by atoms with Gasteiger partial charge in [-0.1, -0.05) is 55.4 Å². The predicted molar refractivity (Wildman–Crippen MR) is 129 cm³/mol. The van der Waals surface area contributed by atoms with Crippen molar-refractivity contribution in [2.45, 2.75) is 45.8 Å². The summed E-state index contributed by atoms with van der Waals surface area (Å²) in [5, 5.41) is 12.8. The van der Waals surface area contributed by atoms with Crippen molar-refractivity contribution in [2.24, 2.45) is 5.92 Å². The highest BCUT2D eigenvalue weighted by Gasteiger charge is 2.18. The molecule has 2 aromatic heterocycles. The predicted octanol–water partition coefficient (Wildman–Crippen LogP) is 4.44. The van der Waals surface area contributed by atoms with Gasteiger partial charge in [0.05, 0.1) is 16.7 Å². The molecule has 0 saturated heterocycles. The fourth-order valence-corrected chi connectivity index (χ4v) is 4.43. The number of benzene rings is 2. The van der Waals surface area contributed by atoms with Gasteiger partial charge in [0, 0.05) is 12.2 Å². The largest absolute Gasteiger partial charge is 0.325 e. The third-order valence-electron chi connectivity index (χ3n) is 5.40. The summed E-state index contributed by atoms with van der Waals surface area (Å²) in [6.07, 6.45) is 0.863. The van der Waals surface area contributed by atoms with Crippen LogP contribution in [0.3, 0.4) is 0 Å². The Morgan fingerprint density at radius 3 is 2.66 bits per heavy atom. The van der Waals surface area contributed by atoms with Gasteiger partial charge in [0.2, 0.25) is 11.7 Å². The second kappa shape index (κ2) is 9.16. The van der Waals surface area contributed by atoms with E-state index in [1.54, 1.807) is 4.57 Å². The fourth-order valence-electron chi connectivity index (χ4n) is 3.69. The Labute approximate surface area is 190 Å². The summed E-state index contributed by atoms with van der Waals surface area (Å²) in [6, 6.07) is 13.4. The van der Waals surface area contributed by atoms with Gasteiger partial charge in [0.1, 0.15) is 0 Å². The summed E-state index contributed by atoms with van der Waals surface area (Å²) in [5.41, 5.74) is 3.66. The molecule has 0 saturated carbocycles. The van der Waals surface area contributed by atoms with Gasteiger partial charge < -0.3 is 5.32 Å². The van der Waals surface area contributed by atoms with E-state index in [4.69, 9.17) is 0 Å². The zero-order valence-corrected chi connectivity index (χ0v) is 19.6. The van der Waals surface area contributed by atoms with E-state index in [2.05, 4.69) is 29.4 Å². The number of hydrogen-bond acceptors (Lipinski definition) is 5. The van der Waals surface area contributed by atoms with Crippen LogP contribution in [0, 0.1) is 19.8 Å². The molecule has 0 atom stereocenters. The average Bonchev–Trinajstić information content (AvgIpc) is 3.18. The molecule has 0 fully saturated rings. The number of hydrogen-bond donors (Lipinski definition) is 1. The molecule has 8 heteroatoms. The Kier molecular flexibility index (Phi) is 6.32. The molecule has 0 unspecified atom stereocenters. The number of rotatable bonds is 7. The number of carbonyl (C=O) groups is 1. The van der Waals surface area contributed by atoms with Gasteiger partial charge in [0.25, 0.3) is 5.56 Å². The van der Waals surface area contributed by atoms with Crippen molar-refractivity contribution in [3.8, 4) is 0 Å². The highest BCUT2D eigenvalue weighted by molar-refractivity contribution is 7.99. The second-order valence-corrected chi connectivity index (χ2v) is 9.37. The van der Waals surface area contributed by atoms with Crippen LogP contribution < -0.4 is 10.9 Å². The smallest absolute Gasteiger partial charge is 0.262 e. The summed E-state index contributed by atoms with van der Waals surface area (Å²) in [4.78, 5) is 25.7. The van der Waals surface area contributed by atoms with E-state index in [0.29, 0.717) is 28.8 Å². The summed E-state index contributed by atoms with van der Waals surface area (Å²) in [6.45, 7) is 8.83. The molecule has 32 heavy (non-hydrogen) atoms. The lowest BCUT2D eigenvalue weighted by Crippen LogP contribution is -2.24. The molecule has 0 aliphatic carbocycles. The minimum absolute atomic E-state index is 0.0645. The summed E-state index contributed by atoms with van der Waals surface area (Å²) in [5.74, 6) is 1.04. The third-order valence-corrected chi connectivity index (χ3v) is 6.33. The van der Waals surface area contributed by atoms with Crippen molar-refractivity contribution in [2.75, 3.05) is 11.1 Å². The summed E-state index contributed by atoms with van der Waals surface area (Å²) in [7, 11) is 0. The Morgan fingerprint density at radius 2 is 1.91 bits per heavy atom. The number of nitrogens with zero attached hydrogens (tertiary/aromatic N) is 4. The number of thioether (sulfide) groups is 1. The molecule has 4 rings (SSSR count). The molecule has 2 heterocycles. The minimum Gasteiger partial charge on any atom is -0.325 e. The first-order valence-corrected chi connectivity index (χ1v) is 11.7. The van der Waals surface area contributed by atoms with Gasteiger partial charge in [-0.3, -0.25) is 18.6 Å². The number of nitrogens with one attached hydrogen (secondary N) is 1. The van der Waals surface area contributed by atoms with Crippen molar-refractivity contribution in [1.82, 2.24) is 19.2 Å². The van der Waals surface area contributed by atoms with E-state index in [-0.39, 0.29) is 17.2 Å². The van der Waals surface area contributed by atoms with Gasteiger partial charge in [-0.05, 0) is 49.9 Å². The van der Waals surface area contributed by atoms with Crippen LogP contribution in [0.1, 0.15) is 31.4 Å². The molecular weight excluding hydrogens is 422 g/mol. The Bertz CT molecular complexity index is 1360. The molecule has 7 nitrogen and oxygen atoms in total. The Hall–Kier alpha value is -3.13. The Balaban J connectivity index is 1.65. The van der Waals surface area contributed by atoms with E-state index < -0.39 is 0 Å². The molecule has 0 radical (unpaired) electrons. The standard InChI is InChI=1S/C24H27N5O2S/c1-15(2)11-12-28-22(31)18-7-5-6-8-20(18)29-23(28)26-27-24(29)32-14-21(30)25-19-10-9-16(3)13-17(19)4/h5-10,13,15H,11-12,14H2,1-4H3,(H,25,30). The maximum atomic E-state index is 13.1. The van der Waals surface area contributed by atoms with Gasteiger partial charge >= 0.3 is 0 Å². The highest BCUT2D eigenvalue weighted by atomic mass is 32.2.